The van der Waals surface area contributed by atoms with E-state index in [1.165, 1.54) is 18.4 Å². The summed E-state index contributed by atoms with van der Waals surface area (Å²) in [5.41, 5.74) is 2.15. The molecule has 2 aliphatic heterocycles. The van der Waals surface area contributed by atoms with Crippen LogP contribution in [0.5, 0.6) is 0 Å². The minimum Gasteiger partial charge on any atom is -0.379 e. The van der Waals surface area contributed by atoms with Crippen molar-refractivity contribution in [1.82, 2.24) is 10.2 Å². The van der Waals surface area contributed by atoms with E-state index in [9.17, 15) is 4.79 Å². The number of rotatable bonds is 6. The Kier molecular flexibility index (Phi) is 6.64. The molecule has 2 N–H and O–H groups in total. The molecule has 5 heteroatoms. The number of piperidine rings is 1. The molecule has 1 aromatic rings. The molecule has 1 aromatic carbocycles. The number of hydrogen-bond donors (Lipinski definition) is 2. The highest BCUT2D eigenvalue weighted by Crippen LogP contribution is 2.21. The highest BCUT2D eigenvalue weighted by Gasteiger charge is 2.16. The lowest BCUT2D eigenvalue weighted by Gasteiger charge is -2.27. The molecule has 2 fully saturated rings. The number of hydrogen-bond acceptors (Lipinski definition) is 4. The molecule has 5 nitrogen and oxygen atoms in total. The Bertz CT molecular complexity index is 523. The van der Waals surface area contributed by atoms with Crippen LogP contribution in [0.25, 0.3) is 0 Å². The molecule has 24 heavy (non-hydrogen) atoms. The van der Waals surface area contributed by atoms with Crippen LogP contribution in [0, 0.1) is 5.92 Å². The van der Waals surface area contributed by atoms with E-state index in [1.54, 1.807) is 0 Å². The van der Waals surface area contributed by atoms with Crippen molar-refractivity contribution in [3.8, 4) is 0 Å². The zero-order valence-corrected chi connectivity index (χ0v) is 14.4. The maximum atomic E-state index is 12.3. The highest BCUT2D eigenvalue weighted by molar-refractivity contribution is 5.91. The van der Waals surface area contributed by atoms with Crippen LogP contribution < -0.4 is 10.6 Å². The molecule has 0 aliphatic carbocycles. The second kappa shape index (κ2) is 9.16. The third kappa shape index (κ3) is 5.30. The molecule has 0 atom stereocenters. The number of carbonyl (C=O) groups is 1. The van der Waals surface area contributed by atoms with E-state index in [2.05, 4.69) is 21.6 Å². The third-order valence-corrected chi connectivity index (χ3v) is 5.03. The second-order valence-electron chi connectivity index (χ2n) is 6.83. The lowest BCUT2D eigenvalue weighted by atomic mass is 9.93. The molecular formula is C19H29N3O2. The summed E-state index contributed by atoms with van der Waals surface area (Å²) >= 11 is 0. The van der Waals surface area contributed by atoms with Gasteiger partial charge in [-0.15, -0.1) is 0 Å². The van der Waals surface area contributed by atoms with Crippen LogP contribution in [0.1, 0.15) is 31.2 Å². The Labute approximate surface area is 144 Å². The van der Waals surface area contributed by atoms with E-state index in [-0.39, 0.29) is 5.91 Å². The van der Waals surface area contributed by atoms with E-state index in [4.69, 9.17) is 4.74 Å². The number of ether oxygens (including phenoxy) is 1. The maximum Gasteiger partial charge on any atom is 0.224 e. The van der Waals surface area contributed by atoms with Crippen molar-refractivity contribution >= 4 is 11.6 Å². The average Bonchev–Trinajstić information content (AvgIpc) is 2.63. The lowest BCUT2D eigenvalue weighted by molar-refractivity contribution is -0.116. The number of nitrogens with one attached hydrogen (secondary N) is 2. The number of benzene rings is 1. The van der Waals surface area contributed by atoms with E-state index in [1.807, 2.05) is 18.2 Å². The predicted octanol–water partition coefficient (Wildman–Crippen LogP) is 2.24. The summed E-state index contributed by atoms with van der Waals surface area (Å²) < 4.78 is 5.41. The van der Waals surface area contributed by atoms with Crippen molar-refractivity contribution in [2.45, 2.75) is 32.2 Å². The van der Waals surface area contributed by atoms with E-state index < -0.39 is 0 Å². The van der Waals surface area contributed by atoms with Gasteiger partial charge in [-0.3, -0.25) is 9.69 Å². The number of anilines is 1. The van der Waals surface area contributed by atoms with E-state index in [0.717, 1.165) is 58.0 Å². The van der Waals surface area contributed by atoms with Gasteiger partial charge in [-0.25, -0.2) is 0 Å². The number of para-hydroxylation sites is 1. The fraction of sp³-hybridized carbons (Fsp3) is 0.632. The van der Waals surface area contributed by atoms with Crippen molar-refractivity contribution in [2.24, 2.45) is 5.92 Å². The summed E-state index contributed by atoms with van der Waals surface area (Å²) in [5.74, 6) is 0.837. The maximum absolute atomic E-state index is 12.3. The van der Waals surface area contributed by atoms with Crippen molar-refractivity contribution in [3.05, 3.63) is 29.8 Å². The van der Waals surface area contributed by atoms with Crippen LogP contribution >= 0.6 is 0 Å². The van der Waals surface area contributed by atoms with Gasteiger partial charge < -0.3 is 15.4 Å². The molecule has 132 valence electrons. The Hall–Kier alpha value is -1.43. The van der Waals surface area contributed by atoms with Gasteiger partial charge in [0.1, 0.15) is 0 Å². The first-order chi connectivity index (χ1) is 11.8. The largest absolute Gasteiger partial charge is 0.379 e. The van der Waals surface area contributed by atoms with Crippen molar-refractivity contribution in [2.75, 3.05) is 44.7 Å². The molecule has 2 saturated heterocycles. The molecule has 3 rings (SSSR count). The number of morpholine rings is 1. The predicted molar refractivity (Wildman–Crippen MR) is 96.0 cm³/mol. The fourth-order valence-electron chi connectivity index (χ4n) is 3.50. The summed E-state index contributed by atoms with van der Waals surface area (Å²) in [7, 11) is 0. The first-order valence-corrected chi connectivity index (χ1v) is 9.20. The Balaban J connectivity index is 1.50. The third-order valence-electron chi connectivity index (χ3n) is 5.03. The number of nitrogens with zero attached hydrogens (tertiary/aromatic N) is 1. The molecule has 1 amide bonds. The fourth-order valence-corrected chi connectivity index (χ4v) is 3.50. The minimum atomic E-state index is 0.142. The molecule has 2 aliphatic rings. The minimum absolute atomic E-state index is 0.142. The average molecular weight is 331 g/mol. The normalized spacial score (nSPS) is 20.0. The van der Waals surface area contributed by atoms with Gasteiger partial charge in [0.15, 0.2) is 0 Å². The van der Waals surface area contributed by atoms with Gasteiger partial charge in [0, 0.05) is 31.7 Å². The molecule has 2 heterocycles. The second-order valence-corrected chi connectivity index (χ2v) is 6.83. The zero-order valence-electron chi connectivity index (χ0n) is 14.4. The molecule has 0 saturated carbocycles. The molecular weight excluding hydrogens is 302 g/mol. The van der Waals surface area contributed by atoms with Gasteiger partial charge in [-0.1, -0.05) is 18.2 Å². The van der Waals surface area contributed by atoms with Crippen LogP contribution in [0.2, 0.25) is 0 Å². The van der Waals surface area contributed by atoms with Crippen LogP contribution in [0.3, 0.4) is 0 Å². The monoisotopic (exact) mass is 331 g/mol. The topological polar surface area (TPSA) is 53.6 Å². The van der Waals surface area contributed by atoms with Crippen LogP contribution in [0.4, 0.5) is 5.69 Å². The smallest absolute Gasteiger partial charge is 0.224 e. The van der Waals surface area contributed by atoms with Gasteiger partial charge in [0.2, 0.25) is 5.91 Å². The van der Waals surface area contributed by atoms with Crippen molar-refractivity contribution in [1.29, 1.82) is 0 Å². The molecule has 0 spiro atoms. The van der Waals surface area contributed by atoms with Gasteiger partial charge in [0.25, 0.3) is 0 Å². The standard InChI is InChI=1S/C19H29N3O2/c23-19(6-5-16-7-9-20-10-8-16)21-18-4-2-1-3-17(18)15-22-11-13-24-14-12-22/h1-4,16,20H,5-15H2,(H,21,23). The Morgan fingerprint density at radius 1 is 1.21 bits per heavy atom. The van der Waals surface area contributed by atoms with Crippen molar-refractivity contribution < 1.29 is 9.53 Å². The van der Waals surface area contributed by atoms with E-state index in [0.29, 0.717) is 12.3 Å². The Morgan fingerprint density at radius 2 is 1.96 bits per heavy atom. The molecule has 0 bridgehead atoms. The summed E-state index contributed by atoms with van der Waals surface area (Å²) in [6.45, 7) is 6.56. The molecule has 0 unspecified atom stereocenters. The Morgan fingerprint density at radius 3 is 2.75 bits per heavy atom. The van der Waals surface area contributed by atoms with Gasteiger partial charge in [0.05, 0.1) is 13.2 Å². The summed E-state index contributed by atoms with van der Waals surface area (Å²) in [6.07, 6.45) is 4.01. The zero-order chi connectivity index (χ0) is 16.6. The van der Waals surface area contributed by atoms with Crippen LogP contribution in [-0.4, -0.2) is 50.2 Å². The highest BCUT2D eigenvalue weighted by atomic mass is 16.5. The SMILES string of the molecule is O=C(CCC1CCNCC1)Nc1ccccc1CN1CCOCC1. The lowest BCUT2D eigenvalue weighted by Crippen LogP contribution is -2.35. The van der Waals surface area contributed by atoms with Gasteiger partial charge in [-0.05, 0) is 49.9 Å². The first kappa shape index (κ1) is 17.4. The molecule has 0 radical (unpaired) electrons. The number of amides is 1. The number of carbonyl (C=O) groups excluding carboxylic acids is 1. The first-order valence-electron chi connectivity index (χ1n) is 9.20. The summed E-state index contributed by atoms with van der Waals surface area (Å²) in [6, 6.07) is 8.15. The van der Waals surface area contributed by atoms with Gasteiger partial charge >= 0.3 is 0 Å². The summed E-state index contributed by atoms with van der Waals surface area (Å²) in [5, 5.41) is 6.50. The van der Waals surface area contributed by atoms with Crippen molar-refractivity contribution in [3.63, 3.8) is 0 Å². The van der Waals surface area contributed by atoms with Crippen LogP contribution in [0.15, 0.2) is 24.3 Å². The molecule has 0 aromatic heterocycles. The quantitative estimate of drug-likeness (QED) is 0.839. The summed E-state index contributed by atoms with van der Waals surface area (Å²) in [4.78, 5) is 14.7. The van der Waals surface area contributed by atoms with Gasteiger partial charge in [-0.2, -0.15) is 0 Å². The van der Waals surface area contributed by atoms with E-state index >= 15 is 0 Å². The van der Waals surface area contributed by atoms with Crippen LogP contribution in [-0.2, 0) is 16.1 Å².